The van der Waals surface area contributed by atoms with Crippen molar-refractivity contribution in [3.63, 3.8) is 0 Å². The van der Waals surface area contributed by atoms with E-state index >= 15 is 0 Å². The van der Waals surface area contributed by atoms with Crippen LogP contribution >= 0.6 is 0 Å². The van der Waals surface area contributed by atoms with Crippen LogP contribution in [0.1, 0.15) is 46.5 Å². The molecule has 0 amide bonds. The summed E-state index contributed by atoms with van der Waals surface area (Å²) < 4.78 is 0. The van der Waals surface area contributed by atoms with Crippen molar-refractivity contribution in [1.82, 2.24) is 0 Å². The molecule has 2 rings (SSSR count). The summed E-state index contributed by atoms with van der Waals surface area (Å²) in [4.78, 5) is 0. The van der Waals surface area contributed by atoms with E-state index in [1.54, 1.807) is 0 Å². The standard InChI is InChI=1S/C13H22O/c1-9-8-10-12(2,3)6-5-7-13(10,4)11(9)14/h10-11,14H,1,5-8H2,2-4H3/t10-,11+,13+/m1/s1. The monoisotopic (exact) mass is 194 g/mol. The fraction of sp³-hybridized carbons (Fsp3) is 0.846. The lowest BCUT2D eigenvalue weighted by Gasteiger charge is -2.48. The van der Waals surface area contributed by atoms with Crippen molar-refractivity contribution in [3.05, 3.63) is 12.2 Å². The second-order valence-electron chi connectivity index (χ2n) is 6.17. The minimum Gasteiger partial charge on any atom is -0.388 e. The molecule has 0 aliphatic heterocycles. The summed E-state index contributed by atoms with van der Waals surface area (Å²) in [5.74, 6) is 0.631. The first kappa shape index (κ1) is 10.2. The van der Waals surface area contributed by atoms with Crippen molar-refractivity contribution < 1.29 is 5.11 Å². The molecule has 3 atom stereocenters. The molecule has 0 aromatic rings. The molecule has 2 saturated carbocycles. The van der Waals surface area contributed by atoms with Gasteiger partial charge < -0.3 is 5.11 Å². The second kappa shape index (κ2) is 2.85. The molecule has 80 valence electrons. The lowest BCUT2D eigenvalue weighted by atomic mass is 9.57. The molecule has 0 spiro atoms. The highest BCUT2D eigenvalue weighted by Crippen LogP contribution is 2.60. The molecule has 2 fully saturated rings. The molecule has 2 aliphatic rings. The van der Waals surface area contributed by atoms with E-state index in [2.05, 4.69) is 27.4 Å². The second-order valence-corrected chi connectivity index (χ2v) is 6.17. The Morgan fingerprint density at radius 3 is 2.50 bits per heavy atom. The first-order valence-corrected chi connectivity index (χ1v) is 5.74. The van der Waals surface area contributed by atoms with Gasteiger partial charge >= 0.3 is 0 Å². The van der Waals surface area contributed by atoms with E-state index in [1.807, 2.05) is 0 Å². The van der Waals surface area contributed by atoms with Crippen molar-refractivity contribution in [3.8, 4) is 0 Å². The summed E-state index contributed by atoms with van der Waals surface area (Å²) in [6.07, 6.45) is 4.50. The Kier molecular flexibility index (Phi) is 2.08. The van der Waals surface area contributed by atoms with Crippen molar-refractivity contribution in [2.45, 2.75) is 52.6 Å². The Morgan fingerprint density at radius 2 is 1.93 bits per heavy atom. The molecule has 0 aromatic carbocycles. The number of aliphatic hydroxyl groups excluding tert-OH is 1. The highest BCUT2D eigenvalue weighted by Gasteiger charge is 2.55. The lowest BCUT2D eigenvalue weighted by molar-refractivity contribution is -0.0351. The summed E-state index contributed by atoms with van der Waals surface area (Å²) in [5.41, 5.74) is 1.55. The van der Waals surface area contributed by atoms with Gasteiger partial charge in [-0.1, -0.05) is 33.8 Å². The minimum absolute atomic E-state index is 0.110. The number of rotatable bonds is 0. The fourth-order valence-electron chi connectivity index (χ4n) is 3.84. The van der Waals surface area contributed by atoms with Gasteiger partial charge in [0.25, 0.3) is 0 Å². The highest BCUT2D eigenvalue weighted by molar-refractivity contribution is 5.21. The summed E-state index contributed by atoms with van der Waals surface area (Å²) >= 11 is 0. The van der Waals surface area contributed by atoms with Crippen LogP contribution in [0.4, 0.5) is 0 Å². The molecule has 0 aromatic heterocycles. The van der Waals surface area contributed by atoms with Gasteiger partial charge in [0, 0.05) is 5.41 Å². The highest BCUT2D eigenvalue weighted by atomic mass is 16.3. The van der Waals surface area contributed by atoms with E-state index in [0.29, 0.717) is 11.3 Å². The third kappa shape index (κ3) is 1.18. The topological polar surface area (TPSA) is 20.2 Å². The van der Waals surface area contributed by atoms with Crippen LogP contribution in [0, 0.1) is 16.7 Å². The molecule has 14 heavy (non-hydrogen) atoms. The molecule has 0 bridgehead atoms. The average molecular weight is 194 g/mol. The molecular weight excluding hydrogens is 172 g/mol. The van der Waals surface area contributed by atoms with Crippen molar-refractivity contribution in [2.75, 3.05) is 0 Å². The van der Waals surface area contributed by atoms with Crippen LogP contribution in [0.5, 0.6) is 0 Å². The number of aliphatic hydroxyl groups is 1. The van der Waals surface area contributed by atoms with Gasteiger partial charge in [0.05, 0.1) is 6.10 Å². The molecule has 1 nitrogen and oxygen atoms in total. The van der Waals surface area contributed by atoms with Gasteiger partial charge in [-0.3, -0.25) is 0 Å². The van der Waals surface area contributed by atoms with Gasteiger partial charge in [-0.25, -0.2) is 0 Å². The summed E-state index contributed by atoms with van der Waals surface area (Å²) in [7, 11) is 0. The number of fused-ring (bicyclic) bond motifs is 1. The molecule has 1 heteroatoms. The first-order chi connectivity index (χ1) is 6.38. The van der Waals surface area contributed by atoms with Crippen LogP contribution in [0.2, 0.25) is 0 Å². The van der Waals surface area contributed by atoms with Crippen molar-refractivity contribution in [2.24, 2.45) is 16.7 Å². The van der Waals surface area contributed by atoms with E-state index < -0.39 is 0 Å². The van der Waals surface area contributed by atoms with Crippen LogP contribution in [0.25, 0.3) is 0 Å². The average Bonchev–Trinajstić information content (AvgIpc) is 2.30. The van der Waals surface area contributed by atoms with Crippen molar-refractivity contribution in [1.29, 1.82) is 0 Å². The molecule has 1 N–H and O–H groups in total. The predicted octanol–water partition coefficient (Wildman–Crippen LogP) is 3.14. The zero-order valence-corrected chi connectivity index (χ0v) is 9.64. The third-order valence-corrected chi connectivity index (χ3v) is 4.75. The van der Waals surface area contributed by atoms with Gasteiger partial charge in [-0.2, -0.15) is 0 Å². The van der Waals surface area contributed by atoms with Crippen LogP contribution in [0.15, 0.2) is 12.2 Å². The minimum atomic E-state index is -0.257. The molecular formula is C13H22O. The Hall–Kier alpha value is -0.300. The van der Waals surface area contributed by atoms with E-state index in [9.17, 15) is 5.11 Å². The smallest absolute Gasteiger partial charge is 0.0804 e. The van der Waals surface area contributed by atoms with Crippen LogP contribution in [0.3, 0.4) is 0 Å². The Labute approximate surface area is 87.2 Å². The van der Waals surface area contributed by atoms with E-state index in [-0.39, 0.29) is 11.5 Å². The maximum atomic E-state index is 10.2. The van der Waals surface area contributed by atoms with Crippen LogP contribution < -0.4 is 0 Å². The van der Waals surface area contributed by atoms with Crippen LogP contribution in [-0.2, 0) is 0 Å². The largest absolute Gasteiger partial charge is 0.388 e. The zero-order valence-electron chi connectivity index (χ0n) is 9.64. The maximum absolute atomic E-state index is 10.2. The number of hydrogen-bond donors (Lipinski definition) is 1. The lowest BCUT2D eigenvalue weighted by Crippen LogP contribution is -2.43. The first-order valence-electron chi connectivity index (χ1n) is 5.74. The molecule has 0 unspecified atom stereocenters. The quantitative estimate of drug-likeness (QED) is 0.587. The molecule has 0 saturated heterocycles. The van der Waals surface area contributed by atoms with Gasteiger partial charge in [0.2, 0.25) is 0 Å². The zero-order chi connectivity index (χ0) is 10.6. The van der Waals surface area contributed by atoms with Gasteiger partial charge in [-0.05, 0) is 36.2 Å². The molecule has 0 heterocycles. The fourth-order valence-corrected chi connectivity index (χ4v) is 3.84. The van der Waals surface area contributed by atoms with E-state index in [1.165, 1.54) is 19.3 Å². The van der Waals surface area contributed by atoms with Gasteiger partial charge in [0.1, 0.15) is 0 Å². The van der Waals surface area contributed by atoms with Crippen LogP contribution in [-0.4, -0.2) is 11.2 Å². The van der Waals surface area contributed by atoms with Gasteiger partial charge in [-0.15, -0.1) is 0 Å². The van der Waals surface area contributed by atoms with E-state index in [4.69, 9.17) is 0 Å². The van der Waals surface area contributed by atoms with E-state index in [0.717, 1.165) is 12.0 Å². The Bertz CT molecular complexity index is 266. The summed E-state index contributed by atoms with van der Waals surface area (Å²) in [6.45, 7) is 11.0. The predicted molar refractivity (Wildman–Crippen MR) is 59.0 cm³/mol. The molecule has 2 aliphatic carbocycles. The summed E-state index contributed by atoms with van der Waals surface area (Å²) in [6, 6.07) is 0. The Balaban J connectivity index is 2.36. The SMILES string of the molecule is C=C1C[C@@H]2C(C)(C)CCC[C@]2(C)[C@H]1O. The Morgan fingerprint density at radius 1 is 1.29 bits per heavy atom. The van der Waals surface area contributed by atoms with Crippen molar-refractivity contribution >= 4 is 0 Å². The summed E-state index contributed by atoms with van der Waals surface area (Å²) in [5, 5.41) is 10.2. The molecule has 0 radical (unpaired) electrons. The number of hydrogen-bond acceptors (Lipinski definition) is 1. The normalized spacial score (nSPS) is 46.4. The third-order valence-electron chi connectivity index (χ3n) is 4.75. The van der Waals surface area contributed by atoms with Gasteiger partial charge in [0.15, 0.2) is 0 Å². The maximum Gasteiger partial charge on any atom is 0.0804 e.